The van der Waals surface area contributed by atoms with E-state index >= 15 is 0 Å². The minimum absolute atomic E-state index is 0.289. The average Bonchev–Trinajstić information content (AvgIpc) is 2.34. The molecule has 2 nitrogen and oxygen atoms in total. The van der Waals surface area contributed by atoms with Crippen LogP contribution in [0.2, 0.25) is 0 Å². The standard InChI is InChI=1S/C9H15NO/c1-7(2)9(11)8-4-5-10(3)6-8/h4-7,9,11H,1-3H3. The fraction of sp³-hybridized carbons (Fsp3) is 0.556. The number of aryl methyl sites for hydroxylation is 1. The molecule has 62 valence electrons. The summed E-state index contributed by atoms with van der Waals surface area (Å²) in [4.78, 5) is 0. The Labute approximate surface area is 67.5 Å². The fourth-order valence-electron chi connectivity index (χ4n) is 1.08. The van der Waals surface area contributed by atoms with Crippen molar-refractivity contribution in [2.45, 2.75) is 20.0 Å². The third kappa shape index (κ3) is 1.84. The molecule has 1 unspecified atom stereocenters. The smallest absolute Gasteiger partial charge is 0.0827 e. The van der Waals surface area contributed by atoms with E-state index in [1.165, 1.54) is 0 Å². The Morgan fingerprint density at radius 3 is 2.45 bits per heavy atom. The SMILES string of the molecule is CC(C)C(O)c1ccn(C)c1. The molecule has 0 saturated heterocycles. The lowest BCUT2D eigenvalue weighted by molar-refractivity contribution is 0.127. The van der Waals surface area contributed by atoms with E-state index in [9.17, 15) is 5.11 Å². The van der Waals surface area contributed by atoms with E-state index in [0.29, 0.717) is 0 Å². The highest BCUT2D eigenvalue weighted by molar-refractivity contribution is 5.13. The number of aliphatic hydroxyl groups is 1. The first-order valence-corrected chi connectivity index (χ1v) is 3.91. The van der Waals surface area contributed by atoms with Crippen molar-refractivity contribution in [3.8, 4) is 0 Å². The van der Waals surface area contributed by atoms with Gasteiger partial charge in [0.2, 0.25) is 0 Å². The van der Waals surface area contributed by atoms with Crippen molar-refractivity contribution in [1.29, 1.82) is 0 Å². The Morgan fingerprint density at radius 1 is 1.45 bits per heavy atom. The number of hydrogen-bond acceptors (Lipinski definition) is 1. The summed E-state index contributed by atoms with van der Waals surface area (Å²) in [6.07, 6.45) is 3.57. The molecule has 1 heterocycles. The second-order valence-electron chi connectivity index (χ2n) is 3.30. The molecule has 0 radical (unpaired) electrons. The molecular weight excluding hydrogens is 138 g/mol. The predicted molar refractivity (Wildman–Crippen MR) is 45.2 cm³/mol. The first-order valence-electron chi connectivity index (χ1n) is 3.91. The van der Waals surface area contributed by atoms with Crippen LogP contribution < -0.4 is 0 Å². The van der Waals surface area contributed by atoms with Crippen molar-refractivity contribution < 1.29 is 5.11 Å². The molecule has 1 N–H and O–H groups in total. The van der Waals surface area contributed by atoms with Crippen LogP contribution in [0, 0.1) is 5.92 Å². The largest absolute Gasteiger partial charge is 0.388 e. The molecule has 0 fully saturated rings. The maximum atomic E-state index is 9.60. The lowest BCUT2D eigenvalue weighted by Crippen LogP contribution is -2.03. The van der Waals surface area contributed by atoms with Crippen LogP contribution in [0.1, 0.15) is 25.5 Å². The minimum atomic E-state index is -0.323. The lowest BCUT2D eigenvalue weighted by atomic mass is 10.0. The zero-order valence-electron chi connectivity index (χ0n) is 7.28. The Morgan fingerprint density at radius 2 is 2.09 bits per heavy atom. The molecule has 0 amide bonds. The summed E-state index contributed by atoms with van der Waals surface area (Å²) in [5, 5.41) is 9.60. The molecule has 0 spiro atoms. The molecule has 0 saturated carbocycles. The number of nitrogens with zero attached hydrogens (tertiary/aromatic N) is 1. The van der Waals surface area contributed by atoms with Crippen molar-refractivity contribution in [2.75, 3.05) is 0 Å². The lowest BCUT2D eigenvalue weighted by Gasteiger charge is -2.11. The molecule has 0 bridgehead atoms. The van der Waals surface area contributed by atoms with Gasteiger partial charge in [0.1, 0.15) is 0 Å². The first-order chi connectivity index (χ1) is 5.11. The number of rotatable bonds is 2. The third-order valence-corrected chi connectivity index (χ3v) is 1.83. The van der Waals surface area contributed by atoms with Crippen LogP contribution in [0.3, 0.4) is 0 Å². The molecule has 1 atom stereocenters. The van der Waals surface area contributed by atoms with Crippen LogP contribution >= 0.6 is 0 Å². The monoisotopic (exact) mass is 153 g/mol. The number of aliphatic hydroxyl groups excluding tert-OH is 1. The zero-order valence-corrected chi connectivity index (χ0v) is 7.28. The molecule has 0 aliphatic heterocycles. The van der Waals surface area contributed by atoms with Crippen molar-refractivity contribution in [2.24, 2.45) is 13.0 Å². The molecule has 1 aromatic heterocycles. The quantitative estimate of drug-likeness (QED) is 0.687. The van der Waals surface area contributed by atoms with Gasteiger partial charge in [0.15, 0.2) is 0 Å². The van der Waals surface area contributed by atoms with Gasteiger partial charge in [0.25, 0.3) is 0 Å². The second-order valence-corrected chi connectivity index (χ2v) is 3.30. The van der Waals surface area contributed by atoms with Gasteiger partial charge in [-0.2, -0.15) is 0 Å². The highest BCUT2D eigenvalue weighted by atomic mass is 16.3. The summed E-state index contributed by atoms with van der Waals surface area (Å²) in [6, 6.07) is 1.95. The van der Waals surface area contributed by atoms with E-state index in [-0.39, 0.29) is 12.0 Å². The summed E-state index contributed by atoms with van der Waals surface area (Å²) >= 11 is 0. The summed E-state index contributed by atoms with van der Waals surface area (Å²) in [7, 11) is 1.95. The van der Waals surface area contributed by atoms with Crippen molar-refractivity contribution in [3.63, 3.8) is 0 Å². The molecule has 0 aromatic carbocycles. The number of hydrogen-bond donors (Lipinski definition) is 1. The Kier molecular flexibility index (Phi) is 2.35. The van der Waals surface area contributed by atoms with Crippen LogP contribution in [0.5, 0.6) is 0 Å². The Hall–Kier alpha value is -0.760. The van der Waals surface area contributed by atoms with Crippen molar-refractivity contribution in [3.05, 3.63) is 24.0 Å². The topological polar surface area (TPSA) is 25.2 Å². The number of aromatic nitrogens is 1. The van der Waals surface area contributed by atoms with Crippen LogP contribution in [0.15, 0.2) is 18.5 Å². The molecule has 11 heavy (non-hydrogen) atoms. The summed E-state index contributed by atoms with van der Waals surface area (Å²) in [6.45, 7) is 4.02. The molecule has 2 heteroatoms. The first kappa shape index (κ1) is 8.34. The molecular formula is C9H15NO. The summed E-state index contributed by atoms with van der Waals surface area (Å²) < 4.78 is 1.95. The summed E-state index contributed by atoms with van der Waals surface area (Å²) in [5.74, 6) is 0.289. The minimum Gasteiger partial charge on any atom is -0.388 e. The van der Waals surface area contributed by atoms with Crippen LogP contribution in [0.4, 0.5) is 0 Å². The van der Waals surface area contributed by atoms with Crippen LogP contribution in [0.25, 0.3) is 0 Å². The zero-order chi connectivity index (χ0) is 8.43. The van der Waals surface area contributed by atoms with Gasteiger partial charge in [0.05, 0.1) is 6.10 Å². The van der Waals surface area contributed by atoms with E-state index < -0.39 is 0 Å². The van der Waals surface area contributed by atoms with E-state index in [4.69, 9.17) is 0 Å². The van der Waals surface area contributed by atoms with E-state index in [2.05, 4.69) is 0 Å². The van der Waals surface area contributed by atoms with E-state index in [1.54, 1.807) is 0 Å². The highest BCUT2D eigenvalue weighted by Gasteiger charge is 2.11. The predicted octanol–water partition coefficient (Wildman–Crippen LogP) is 1.71. The van der Waals surface area contributed by atoms with Gasteiger partial charge < -0.3 is 9.67 Å². The normalized spacial score (nSPS) is 13.9. The van der Waals surface area contributed by atoms with Crippen molar-refractivity contribution in [1.82, 2.24) is 4.57 Å². The Bertz CT molecular complexity index is 227. The summed E-state index contributed by atoms with van der Waals surface area (Å²) in [5.41, 5.74) is 1.00. The van der Waals surface area contributed by atoms with Crippen molar-refractivity contribution >= 4 is 0 Å². The van der Waals surface area contributed by atoms with Gasteiger partial charge in [0, 0.05) is 19.4 Å². The molecule has 0 aliphatic rings. The van der Waals surface area contributed by atoms with Gasteiger partial charge >= 0.3 is 0 Å². The highest BCUT2D eigenvalue weighted by Crippen LogP contribution is 2.20. The average molecular weight is 153 g/mol. The third-order valence-electron chi connectivity index (χ3n) is 1.83. The van der Waals surface area contributed by atoms with E-state index in [1.807, 2.05) is 43.9 Å². The van der Waals surface area contributed by atoms with Gasteiger partial charge in [-0.3, -0.25) is 0 Å². The molecule has 1 rings (SSSR count). The van der Waals surface area contributed by atoms with Gasteiger partial charge in [-0.05, 0) is 17.5 Å². The van der Waals surface area contributed by atoms with Gasteiger partial charge in [-0.25, -0.2) is 0 Å². The van der Waals surface area contributed by atoms with Crippen LogP contribution in [-0.4, -0.2) is 9.67 Å². The molecule has 0 aliphatic carbocycles. The molecule has 1 aromatic rings. The Balaban J connectivity index is 2.76. The van der Waals surface area contributed by atoms with E-state index in [0.717, 1.165) is 5.56 Å². The second kappa shape index (κ2) is 3.09. The van der Waals surface area contributed by atoms with Gasteiger partial charge in [-0.15, -0.1) is 0 Å². The fourth-order valence-corrected chi connectivity index (χ4v) is 1.08. The van der Waals surface area contributed by atoms with Crippen LogP contribution in [-0.2, 0) is 7.05 Å². The van der Waals surface area contributed by atoms with Gasteiger partial charge in [-0.1, -0.05) is 13.8 Å². The maximum Gasteiger partial charge on any atom is 0.0827 e. The maximum absolute atomic E-state index is 9.60.